The van der Waals surface area contributed by atoms with Gasteiger partial charge in [0.15, 0.2) is 0 Å². The largest absolute Gasteiger partial charge is 0.488 e. The molecule has 4 rings (SSSR count). The molecule has 0 radical (unpaired) electrons. The molecule has 17 heavy (non-hydrogen) atoms. The van der Waals surface area contributed by atoms with Gasteiger partial charge in [-0.3, -0.25) is 0 Å². The molecule has 82 valence electrons. The summed E-state index contributed by atoms with van der Waals surface area (Å²) in [6.07, 6.45) is 1.00. The van der Waals surface area contributed by atoms with Gasteiger partial charge in [0, 0.05) is 17.6 Å². The maximum Gasteiger partial charge on any atom is 0.131 e. The SMILES string of the molecule is c1ccc2c(c1)COC1=C2Cc2ccccc21. The Hall–Kier alpha value is -2.02. The van der Waals surface area contributed by atoms with E-state index in [0.717, 1.165) is 12.2 Å². The first kappa shape index (κ1) is 9.06. The Morgan fingerprint density at radius 3 is 2.35 bits per heavy atom. The second-order valence-electron chi connectivity index (χ2n) is 4.59. The third-order valence-corrected chi connectivity index (χ3v) is 3.62. The molecule has 0 bridgehead atoms. The first-order valence-corrected chi connectivity index (χ1v) is 5.96. The summed E-state index contributed by atoms with van der Waals surface area (Å²) in [6.45, 7) is 0.698. The normalized spacial score (nSPS) is 16.0. The van der Waals surface area contributed by atoms with Gasteiger partial charge in [0.05, 0.1) is 0 Å². The maximum absolute atomic E-state index is 5.93. The number of hydrogen-bond donors (Lipinski definition) is 0. The second-order valence-corrected chi connectivity index (χ2v) is 4.59. The molecule has 0 aromatic heterocycles. The van der Waals surface area contributed by atoms with Crippen LogP contribution in [0.3, 0.4) is 0 Å². The van der Waals surface area contributed by atoms with E-state index >= 15 is 0 Å². The lowest BCUT2D eigenvalue weighted by Crippen LogP contribution is -2.03. The first-order valence-electron chi connectivity index (χ1n) is 5.96. The Kier molecular flexibility index (Phi) is 1.72. The van der Waals surface area contributed by atoms with Crippen molar-refractivity contribution >= 4 is 11.3 Å². The zero-order valence-corrected chi connectivity index (χ0v) is 9.44. The Bertz CT molecular complexity index is 637. The van der Waals surface area contributed by atoms with Crippen molar-refractivity contribution in [3.63, 3.8) is 0 Å². The molecule has 0 saturated carbocycles. The van der Waals surface area contributed by atoms with E-state index in [0.29, 0.717) is 6.61 Å². The number of ether oxygens (including phenoxy) is 1. The number of allylic oxidation sites excluding steroid dienone is 1. The summed E-state index contributed by atoms with van der Waals surface area (Å²) < 4.78 is 5.93. The van der Waals surface area contributed by atoms with Gasteiger partial charge in [-0.15, -0.1) is 0 Å². The summed E-state index contributed by atoms with van der Waals surface area (Å²) in [5.41, 5.74) is 6.68. The second kappa shape index (κ2) is 3.24. The van der Waals surface area contributed by atoms with E-state index in [2.05, 4.69) is 48.5 Å². The zero-order chi connectivity index (χ0) is 11.2. The first-order chi connectivity index (χ1) is 8.43. The molecule has 1 aliphatic heterocycles. The summed E-state index contributed by atoms with van der Waals surface area (Å²) in [5, 5.41) is 0. The lowest BCUT2D eigenvalue weighted by atomic mass is 9.97. The van der Waals surface area contributed by atoms with Crippen molar-refractivity contribution in [2.24, 2.45) is 0 Å². The highest BCUT2D eigenvalue weighted by atomic mass is 16.5. The molecule has 0 N–H and O–H groups in total. The van der Waals surface area contributed by atoms with Gasteiger partial charge >= 0.3 is 0 Å². The van der Waals surface area contributed by atoms with Crippen molar-refractivity contribution in [1.29, 1.82) is 0 Å². The molecule has 0 unspecified atom stereocenters. The molecule has 0 amide bonds. The summed E-state index contributed by atoms with van der Waals surface area (Å²) >= 11 is 0. The summed E-state index contributed by atoms with van der Waals surface area (Å²) in [6, 6.07) is 17.1. The van der Waals surface area contributed by atoms with Crippen LogP contribution in [-0.4, -0.2) is 0 Å². The van der Waals surface area contributed by atoms with Crippen LogP contribution in [0, 0.1) is 0 Å². The van der Waals surface area contributed by atoms with E-state index < -0.39 is 0 Å². The standard InChI is InChI=1S/C16H12O/c1-4-8-14-11(5-1)9-15-13-7-3-2-6-12(13)10-17-16(14)15/h1-8H,9-10H2. The van der Waals surface area contributed by atoms with E-state index in [1.54, 1.807) is 0 Å². The summed E-state index contributed by atoms with van der Waals surface area (Å²) in [7, 11) is 0. The van der Waals surface area contributed by atoms with Crippen molar-refractivity contribution < 1.29 is 4.74 Å². The van der Waals surface area contributed by atoms with Crippen LogP contribution in [0.5, 0.6) is 0 Å². The molecule has 0 saturated heterocycles. The van der Waals surface area contributed by atoms with Gasteiger partial charge in [-0.2, -0.15) is 0 Å². The van der Waals surface area contributed by atoms with Crippen LogP contribution in [0.15, 0.2) is 48.5 Å². The highest BCUT2D eigenvalue weighted by Crippen LogP contribution is 2.43. The summed E-state index contributed by atoms with van der Waals surface area (Å²) in [4.78, 5) is 0. The van der Waals surface area contributed by atoms with Gasteiger partial charge in [0.2, 0.25) is 0 Å². The van der Waals surface area contributed by atoms with Crippen LogP contribution < -0.4 is 0 Å². The third kappa shape index (κ3) is 1.19. The van der Waals surface area contributed by atoms with Crippen LogP contribution in [0.25, 0.3) is 11.3 Å². The van der Waals surface area contributed by atoms with Crippen LogP contribution in [0.1, 0.15) is 22.3 Å². The van der Waals surface area contributed by atoms with E-state index in [4.69, 9.17) is 4.74 Å². The third-order valence-electron chi connectivity index (χ3n) is 3.62. The van der Waals surface area contributed by atoms with E-state index in [-0.39, 0.29) is 0 Å². The maximum atomic E-state index is 5.93. The Morgan fingerprint density at radius 1 is 0.765 bits per heavy atom. The predicted molar refractivity (Wildman–Crippen MR) is 68.2 cm³/mol. The van der Waals surface area contributed by atoms with Gasteiger partial charge in [-0.05, 0) is 16.7 Å². The highest BCUT2D eigenvalue weighted by molar-refractivity contribution is 5.95. The van der Waals surface area contributed by atoms with Crippen molar-refractivity contribution in [1.82, 2.24) is 0 Å². The molecule has 0 spiro atoms. The minimum Gasteiger partial charge on any atom is -0.488 e. The van der Waals surface area contributed by atoms with Crippen molar-refractivity contribution in [3.8, 4) is 0 Å². The lowest BCUT2D eigenvalue weighted by Gasteiger charge is -2.19. The number of benzene rings is 2. The van der Waals surface area contributed by atoms with Crippen LogP contribution in [-0.2, 0) is 17.8 Å². The fourth-order valence-electron chi connectivity index (χ4n) is 2.80. The smallest absolute Gasteiger partial charge is 0.131 e. The predicted octanol–water partition coefficient (Wildman–Crippen LogP) is 3.64. The molecule has 2 aromatic carbocycles. The minimum atomic E-state index is 0.698. The van der Waals surface area contributed by atoms with Crippen LogP contribution in [0.2, 0.25) is 0 Å². The quantitative estimate of drug-likeness (QED) is 0.658. The number of hydrogen-bond acceptors (Lipinski definition) is 1. The summed E-state index contributed by atoms with van der Waals surface area (Å²) in [5.74, 6) is 1.10. The zero-order valence-electron chi connectivity index (χ0n) is 9.44. The molecule has 0 fully saturated rings. The van der Waals surface area contributed by atoms with Gasteiger partial charge in [-0.1, -0.05) is 48.5 Å². The number of rotatable bonds is 0. The van der Waals surface area contributed by atoms with Gasteiger partial charge in [-0.25, -0.2) is 0 Å². The molecular weight excluding hydrogens is 208 g/mol. The Labute approximate surface area is 100 Å². The van der Waals surface area contributed by atoms with Gasteiger partial charge < -0.3 is 4.74 Å². The minimum absolute atomic E-state index is 0.698. The molecule has 2 aromatic rings. The van der Waals surface area contributed by atoms with Crippen molar-refractivity contribution in [2.45, 2.75) is 13.0 Å². The fraction of sp³-hybridized carbons (Fsp3) is 0.125. The average molecular weight is 220 g/mol. The highest BCUT2D eigenvalue weighted by Gasteiger charge is 2.28. The van der Waals surface area contributed by atoms with Gasteiger partial charge in [0.1, 0.15) is 12.4 Å². The average Bonchev–Trinajstić information content (AvgIpc) is 2.78. The van der Waals surface area contributed by atoms with Crippen LogP contribution >= 0.6 is 0 Å². The topological polar surface area (TPSA) is 9.23 Å². The van der Waals surface area contributed by atoms with Crippen molar-refractivity contribution in [2.75, 3.05) is 0 Å². The van der Waals surface area contributed by atoms with Crippen molar-refractivity contribution in [3.05, 3.63) is 70.8 Å². The molecule has 1 heterocycles. The van der Waals surface area contributed by atoms with E-state index in [9.17, 15) is 0 Å². The molecule has 1 nitrogen and oxygen atoms in total. The molecular formula is C16H12O. The molecule has 1 aliphatic carbocycles. The monoisotopic (exact) mass is 220 g/mol. The van der Waals surface area contributed by atoms with Crippen LogP contribution in [0.4, 0.5) is 0 Å². The fourth-order valence-corrected chi connectivity index (χ4v) is 2.80. The molecule has 0 atom stereocenters. The Morgan fingerprint density at radius 2 is 1.47 bits per heavy atom. The lowest BCUT2D eigenvalue weighted by molar-refractivity contribution is 0.261. The number of fused-ring (bicyclic) bond motifs is 4. The van der Waals surface area contributed by atoms with E-state index in [1.807, 2.05) is 0 Å². The van der Waals surface area contributed by atoms with Gasteiger partial charge in [0.25, 0.3) is 0 Å². The molecule has 2 aliphatic rings. The Balaban J connectivity index is 1.95. The molecule has 1 heteroatoms. The van der Waals surface area contributed by atoms with E-state index in [1.165, 1.54) is 27.8 Å².